The summed E-state index contributed by atoms with van der Waals surface area (Å²) in [6, 6.07) is 0. The minimum Gasteiger partial charge on any atom is -0.422 e. The Balaban J connectivity index is 1.65. The molecule has 2 fully saturated rings. The van der Waals surface area contributed by atoms with E-state index in [0.717, 1.165) is 19.3 Å². The van der Waals surface area contributed by atoms with Crippen LogP contribution >= 0.6 is 0 Å². The fourth-order valence-electron chi connectivity index (χ4n) is 2.92. The van der Waals surface area contributed by atoms with E-state index in [1.807, 2.05) is 13.8 Å². The highest BCUT2D eigenvalue weighted by Gasteiger charge is 2.35. The number of sulfonamides is 1. The molecule has 136 valence electrons. The lowest BCUT2D eigenvalue weighted by Gasteiger charge is -2.32. The van der Waals surface area contributed by atoms with Crippen molar-refractivity contribution in [1.82, 2.24) is 14.5 Å². The molecule has 0 aliphatic carbocycles. The summed E-state index contributed by atoms with van der Waals surface area (Å²) in [6.07, 6.45) is 2.10. The van der Waals surface area contributed by atoms with E-state index < -0.39 is 16.1 Å². The molecule has 0 unspecified atom stereocenters. The van der Waals surface area contributed by atoms with Crippen LogP contribution in [0.1, 0.15) is 56.9 Å². The molecular weight excluding hydrogens is 334 g/mol. The predicted molar refractivity (Wildman–Crippen MR) is 86.0 cm³/mol. The van der Waals surface area contributed by atoms with Crippen molar-refractivity contribution >= 4 is 10.0 Å². The molecule has 0 amide bonds. The second-order valence-electron chi connectivity index (χ2n) is 6.62. The second kappa shape index (κ2) is 7.47. The number of aromatic nitrogens is 2. The Labute approximate surface area is 142 Å². The van der Waals surface area contributed by atoms with E-state index in [1.54, 1.807) is 0 Å². The Bertz CT molecular complexity index is 639. The summed E-state index contributed by atoms with van der Waals surface area (Å²) < 4.78 is 43.6. The molecule has 0 aromatic carbocycles. The van der Waals surface area contributed by atoms with Gasteiger partial charge >= 0.3 is 0 Å². The van der Waals surface area contributed by atoms with E-state index in [1.165, 1.54) is 4.31 Å². The third kappa shape index (κ3) is 4.14. The van der Waals surface area contributed by atoms with Crippen molar-refractivity contribution < 1.29 is 22.3 Å². The summed E-state index contributed by atoms with van der Waals surface area (Å²) >= 11 is 0. The Hall–Kier alpha value is -1.03. The zero-order valence-corrected chi connectivity index (χ0v) is 15.0. The maximum atomic E-state index is 12.7. The van der Waals surface area contributed by atoms with Gasteiger partial charge in [-0.1, -0.05) is 13.8 Å². The van der Waals surface area contributed by atoms with Crippen LogP contribution in [0.5, 0.6) is 0 Å². The number of rotatable bonds is 5. The van der Waals surface area contributed by atoms with Gasteiger partial charge in [-0.05, 0) is 19.3 Å². The fraction of sp³-hybridized carbons (Fsp3) is 0.867. The number of nitrogens with zero attached hydrogens (tertiary/aromatic N) is 3. The van der Waals surface area contributed by atoms with Gasteiger partial charge in [-0.15, -0.1) is 10.2 Å². The summed E-state index contributed by atoms with van der Waals surface area (Å²) in [5, 5.41) is 7.99. The number of hydrogen-bond acceptors (Lipinski definition) is 7. The van der Waals surface area contributed by atoms with Gasteiger partial charge in [0, 0.05) is 25.6 Å². The van der Waals surface area contributed by atoms with Crippen molar-refractivity contribution in [3.05, 3.63) is 11.8 Å². The molecule has 24 heavy (non-hydrogen) atoms. The normalized spacial score (nSPS) is 26.8. The summed E-state index contributed by atoms with van der Waals surface area (Å²) in [5.41, 5.74) is 0. The molecule has 0 spiro atoms. The molecule has 1 aromatic rings. The van der Waals surface area contributed by atoms with Crippen LogP contribution in [0.3, 0.4) is 0 Å². The second-order valence-corrected chi connectivity index (χ2v) is 8.63. The summed E-state index contributed by atoms with van der Waals surface area (Å²) in [6.45, 7) is 5.42. The van der Waals surface area contributed by atoms with Crippen molar-refractivity contribution in [2.45, 2.75) is 51.2 Å². The summed E-state index contributed by atoms with van der Waals surface area (Å²) in [5.74, 6) is 1.02. The molecule has 8 nitrogen and oxygen atoms in total. The topological polar surface area (TPSA) is 94.8 Å². The Morgan fingerprint density at radius 2 is 2.04 bits per heavy atom. The molecule has 2 atom stereocenters. The van der Waals surface area contributed by atoms with Gasteiger partial charge in [-0.25, -0.2) is 8.42 Å². The first-order valence-corrected chi connectivity index (χ1v) is 10.1. The third-order valence-corrected chi connectivity index (χ3v) is 6.23. The Kier molecular flexibility index (Phi) is 5.53. The molecule has 0 saturated carbocycles. The maximum absolute atomic E-state index is 12.7. The first kappa shape index (κ1) is 17.8. The van der Waals surface area contributed by atoms with Crippen LogP contribution < -0.4 is 0 Å². The first-order valence-electron chi connectivity index (χ1n) is 8.50. The van der Waals surface area contributed by atoms with Crippen molar-refractivity contribution in [3.8, 4) is 0 Å². The predicted octanol–water partition coefficient (Wildman–Crippen LogP) is 1.47. The average molecular weight is 359 g/mol. The van der Waals surface area contributed by atoms with Crippen LogP contribution in [0.15, 0.2) is 4.42 Å². The van der Waals surface area contributed by atoms with Gasteiger partial charge in [0.1, 0.15) is 6.10 Å². The Morgan fingerprint density at radius 1 is 1.21 bits per heavy atom. The van der Waals surface area contributed by atoms with E-state index in [9.17, 15) is 8.42 Å². The lowest BCUT2D eigenvalue weighted by molar-refractivity contribution is -0.0189. The summed E-state index contributed by atoms with van der Waals surface area (Å²) in [4.78, 5) is 0. The quantitative estimate of drug-likeness (QED) is 0.785. The highest BCUT2D eigenvalue weighted by molar-refractivity contribution is 7.89. The van der Waals surface area contributed by atoms with Gasteiger partial charge in [-0.2, -0.15) is 4.31 Å². The minimum absolute atomic E-state index is 0.0286. The standard InChI is InChI=1S/C15H25N3O5S/c1-11(2)14-16-17-15(23-14)13-9-18(6-8-22-13)24(19,20)10-12-5-3-4-7-21-12/h11-13H,3-10H2,1-2H3/t12-,13+/m1/s1. The maximum Gasteiger partial charge on any atom is 0.246 e. The fourth-order valence-corrected chi connectivity index (χ4v) is 4.58. The van der Waals surface area contributed by atoms with Crippen LogP contribution in [0.25, 0.3) is 0 Å². The monoisotopic (exact) mass is 359 g/mol. The molecule has 2 saturated heterocycles. The first-order chi connectivity index (χ1) is 11.5. The van der Waals surface area contributed by atoms with Crippen LogP contribution in [-0.4, -0.2) is 61.1 Å². The zero-order valence-electron chi connectivity index (χ0n) is 14.2. The van der Waals surface area contributed by atoms with E-state index in [-0.39, 0.29) is 24.3 Å². The highest BCUT2D eigenvalue weighted by atomic mass is 32.2. The van der Waals surface area contributed by atoms with Crippen LogP contribution in [0, 0.1) is 0 Å². The number of morpholine rings is 1. The van der Waals surface area contributed by atoms with E-state index in [2.05, 4.69) is 10.2 Å². The van der Waals surface area contributed by atoms with Crippen LogP contribution in [-0.2, 0) is 19.5 Å². The van der Waals surface area contributed by atoms with Gasteiger partial charge in [-0.3, -0.25) is 0 Å². The molecule has 9 heteroatoms. The van der Waals surface area contributed by atoms with Gasteiger partial charge in [0.15, 0.2) is 0 Å². The van der Waals surface area contributed by atoms with E-state index >= 15 is 0 Å². The van der Waals surface area contributed by atoms with Crippen LogP contribution in [0.4, 0.5) is 0 Å². The van der Waals surface area contributed by atoms with Gasteiger partial charge in [0.25, 0.3) is 0 Å². The Morgan fingerprint density at radius 3 is 2.71 bits per heavy atom. The smallest absolute Gasteiger partial charge is 0.246 e. The number of ether oxygens (including phenoxy) is 2. The lowest BCUT2D eigenvalue weighted by Crippen LogP contribution is -2.45. The van der Waals surface area contributed by atoms with Crippen molar-refractivity contribution in [2.24, 2.45) is 0 Å². The van der Waals surface area contributed by atoms with Crippen molar-refractivity contribution in [3.63, 3.8) is 0 Å². The summed E-state index contributed by atoms with van der Waals surface area (Å²) in [7, 11) is -3.39. The van der Waals surface area contributed by atoms with Crippen molar-refractivity contribution in [1.29, 1.82) is 0 Å². The SMILES string of the molecule is CC(C)c1nnc([C@@H]2CN(S(=O)(=O)C[C@H]3CCCCO3)CCO2)o1. The molecule has 2 aliphatic rings. The van der Waals surface area contributed by atoms with E-state index in [0.29, 0.717) is 31.5 Å². The molecule has 3 heterocycles. The van der Waals surface area contributed by atoms with Gasteiger partial charge in [0.05, 0.1) is 18.5 Å². The molecule has 1 aromatic heterocycles. The molecule has 0 radical (unpaired) electrons. The minimum atomic E-state index is -3.39. The molecular formula is C15H25N3O5S. The highest BCUT2D eigenvalue weighted by Crippen LogP contribution is 2.26. The largest absolute Gasteiger partial charge is 0.422 e. The molecule has 0 bridgehead atoms. The van der Waals surface area contributed by atoms with E-state index in [4.69, 9.17) is 13.9 Å². The van der Waals surface area contributed by atoms with Gasteiger partial charge in [0.2, 0.25) is 21.8 Å². The number of hydrogen-bond donors (Lipinski definition) is 0. The van der Waals surface area contributed by atoms with Gasteiger partial charge < -0.3 is 13.9 Å². The third-order valence-electron chi connectivity index (χ3n) is 4.32. The molecule has 3 rings (SSSR count). The lowest BCUT2D eigenvalue weighted by atomic mass is 10.1. The molecule has 2 aliphatic heterocycles. The molecule has 0 N–H and O–H groups in total. The van der Waals surface area contributed by atoms with Crippen LogP contribution in [0.2, 0.25) is 0 Å². The van der Waals surface area contributed by atoms with Crippen molar-refractivity contribution in [2.75, 3.05) is 32.1 Å². The zero-order chi connectivity index (χ0) is 17.2. The average Bonchev–Trinajstić information content (AvgIpc) is 3.06.